The molecule has 1 saturated heterocycles. The molecule has 1 atom stereocenters. The number of likely N-dealkylation sites (tertiary alicyclic amines) is 1. The van der Waals surface area contributed by atoms with E-state index in [2.05, 4.69) is 0 Å². The number of halogens is 3. The molecule has 8 heteroatoms. The summed E-state index contributed by atoms with van der Waals surface area (Å²) < 4.78 is 36.9. The van der Waals surface area contributed by atoms with Gasteiger partial charge in [-0.25, -0.2) is 4.79 Å². The molecule has 1 unspecified atom stereocenters. The first-order valence-electron chi connectivity index (χ1n) is 6.75. The van der Waals surface area contributed by atoms with Gasteiger partial charge < -0.3 is 14.9 Å². The summed E-state index contributed by atoms with van der Waals surface area (Å²) in [6, 6.07) is -0.710. The average Bonchev–Trinajstić information content (AvgIpc) is 2.35. The Kier molecular flexibility index (Phi) is 5.11. The minimum atomic E-state index is -4.44. The van der Waals surface area contributed by atoms with Gasteiger partial charge in [-0.15, -0.1) is 0 Å². The lowest BCUT2D eigenvalue weighted by molar-refractivity contribution is -0.151. The van der Waals surface area contributed by atoms with E-state index < -0.39 is 30.1 Å². The molecule has 0 aromatic carbocycles. The molecule has 2 amide bonds. The first-order valence-corrected chi connectivity index (χ1v) is 6.75. The third kappa shape index (κ3) is 4.50. The van der Waals surface area contributed by atoms with Gasteiger partial charge in [0.2, 0.25) is 0 Å². The fourth-order valence-electron chi connectivity index (χ4n) is 2.49. The molecule has 1 fully saturated rings. The highest BCUT2D eigenvalue weighted by Crippen LogP contribution is 2.34. The van der Waals surface area contributed by atoms with Gasteiger partial charge in [0, 0.05) is 20.1 Å². The summed E-state index contributed by atoms with van der Waals surface area (Å²) in [5.74, 6) is -1.24. The van der Waals surface area contributed by atoms with Crippen molar-refractivity contribution in [2.24, 2.45) is 11.3 Å². The molecule has 1 aliphatic rings. The number of alkyl halides is 3. The number of carboxylic acid groups (broad SMARTS) is 1. The molecule has 122 valence electrons. The van der Waals surface area contributed by atoms with Crippen molar-refractivity contribution in [3.05, 3.63) is 0 Å². The van der Waals surface area contributed by atoms with Crippen molar-refractivity contribution in [3.8, 4) is 0 Å². The molecular formula is C13H21F3N2O3. The first kappa shape index (κ1) is 17.6. The molecule has 1 rings (SSSR count). The smallest absolute Gasteiger partial charge is 0.406 e. The van der Waals surface area contributed by atoms with E-state index in [1.54, 1.807) is 13.8 Å². The number of hydrogen-bond acceptors (Lipinski definition) is 2. The maximum Gasteiger partial charge on any atom is 0.406 e. The summed E-state index contributed by atoms with van der Waals surface area (Å²) in [5.41, 5.74) is -1.01. The summed E-state index contributed by atoms with van der Waals surface area (Å²) in [6.07, 6.45) is -3.21. The van der Waals surface area contributed by atoms with Crippen LogP contribution in [0.4, 0.5) is 18.0 Å². The number of piperidine rings is 1. The van der Waals surface area contributed by atoms with Crippen LogP contribution >= 0.6 is 0 Å². The molecule has 1 aliphatic heterocycles. The Hall–Kier alpha value is -1.47. The zero-order valence-electron chi connectivity index (χ0n) is 12.4. The van der Waals surface area contributed by atoms with Crippen LogP contribution in [0.15, 0.2) is 0 Å². The second-order valence-electron chi connectivity index (χ2n) is 6.07. The third-order valence-corrected chi connectivity index (χ3v) is 4.01. The van der Waals surface area contributed by atoms with Gasteiger partial charge in [0.05, 0.1) is 5.41 Å². The SMILES string of the molecule is CN(CC(F)(F)F)C(=O)N1CCCC(C(C)(C)C(=O)O)C1. The third-order valence-electron chi connectivity index (χ3n) is 4.01. The zero-order valence-corrected chi connectivity index (χ0v) is 12.4. The van der Waals surface area contributed by atoms with Crippen molar-refractivity contribution in [1.82, 2.24) is 9.80 Å². The predicted octanol–water partition coefficient (Wildman–Crippen LogP) is 2.42. The first-order chi connectivity index (χ1) is 9.45. The highest BCUT2D eigenvalue weighted by Gasteiger charge is 2.41. The number of amides is 2. The number of aliphatic carboxylic acids is 1. The molecule has 5 nitrogen and oxygen atoms in total. The fraction of sp³-hybridized carbons (Fsp3) is 0.846. The summed E-state index contributed by atoms with van der Waals surface area (Å²) >= 11 is 0. The van der Waals surface area contributed by atoms with Crippen LogP contribution in [0.5, 0.6) is 0 Å². The van der Waals surface area contributed by atoms with Crippen molar-refractivity contribution in [2.75, 3.05) is 26.7 Å². The lowest BCUT2D eigenvalue weighted by atomic mass is 9.74. The van der Waals surface area contributed by atoms with E-state index in [1.165, 1.54) is 4.90 Å². The molecule has 21 heavy (non-hydrogen) atoms. The van der Waals surface area contributed by atoms with E-state index >= 15 is 0 Å². The molecule has 0 radical (unpaired) electrons. The number of urea groups is 1. The Morgan fingerprint density at radius 2 is 1.90 bits per heavy atom. The number of hydrogen-bond donors (Lipinski definition) is 1. The Labute approximate surface area is 121 Å². The highest BCUT2D eigenvalue weighted by atomic mass is 19.4. The molecule has 0 aromatic rings. The summed E-state index contributed by atoms with van der Waals surface area (Å²) in [6.45, 7) is 2.36. The standard InChI is InChI=1S/C13H21F3N2O3/c1-12(2,10(19)20)9-5-4-6-18(7-9)11(21)17(3)8-13(14,15)16/h9H,4-8H2,1-3H3,(H,19,20). The van der Waals surface area contributed by atoms with E-state index in [0.29, 0.717) is 24.3 Å². The van der Waals surface area contributed by atoms with E-state index in [1.807, 2.05) is 0 Å². The zero-order chi connectivity index (χ0) is 16.4. The second-order valence-corrected chi connectivity index (χ2v) is 6.07. The molecule has 1 heterocycles. The van der Waals surface area contributed by atoms with Crippen LogP contribution in [0.3, 0.4) is 0 Å². The summed E-state index contributed by atoms with van der Waals surface area (Å²) in [4.78, 5) is 25.2. The largest absolute Gasteiger partial charge is 0.481 e. The van der Waals surface area contributed by atoms with Crippen LogP contribution in [0.2, 0.25) is 0 Å². The van der Waals surface area contributed by atoms with Crippen molar-refractivity contribution >= 4 is 12.0 Å². The van der Waals surface area contributed by atoms with Crippen molar-refractivity contribution < 1.29 is 27.9 Å². The van der Waals surface area contributed by atoms with E-state index in [4.69, 9.17) is 0 Å². The van der Waals surface area contributed by atoms with Crippen molar-refractivity contribution in [2.45, 2.75) is 32.9 Å². The number of nitrogens with zero attached hydrogens (tertiary/aromatic N) is 2. The quantitative estimate of drug-likeness (QED) is 0.871. The van der Waals surface area contributed by atoms with E-state index in [0.717, 1.165) is 7.05 Å². The lowest BCUT2D eigenvalue weighted by Gasteiger charge is -2.40. The molecule has 0 aliphatic carbocycles. The van der Waals surface area contributed by atoms with Crippen molar-refractivity contribution in [3.63, 3.8) is 0 Å². The molecule has 0 aromatic heterocycles. The van der Waals surface area contributed by atoms with E-state index in [-0.39, 0.29) is 12.5 Å². The molecule has 0 saturated carbocycles. The van der Waals surface area contributed by atoms with Gasteiger partial charge >= 0.3 is 18.2 Å². The van der Waals surface area contributed by atoms with Crippen LogP contribution in [-0.4, -0.2) is 59.8 Å². The van der Waals surface area contributed by atoms with Gasteiger partial charge in [-0.1, -0.05) is 0 Å². The number of rotatable bonds is 3. The maximum atomic E-state index is 12.3. The molecule has 0 spiro atoms. The second kappa shape index (κ2) is 6.11. The van der Waals surface area contributed by atoms with Gasteiger partial charge in [0.25, 0.3) is 0 Å². The van der Waals surface area contributed by atoms with Gasteiger partial charge in [-0.3, -0.25) is 4.79 Å². The number of carboxylic acids is 1. The Balaban J connectivity index is 2.72. The normalized spacial score (nSPS) is 20.3. The molecular weight excluding hydrogens is 289 g/mol. The molecule has 1 N–H and O–H groups in total. The van der Waals surface area contributed by atoms with Crippen LogP contribution in [-0.2, 0) is 4.79 Å². The fourth-order valence-corrected chi connectivity index (χ4v) is 2.49. The van der Waals surface area contributed by atoms with Crippen molar-refractivity contribution in [1.29, 1.82) is 0 Å². The van der Waals surface area contributed by atoms with E-state index in [9.17, 15) is 27.9 Å². The van der Waals surface area contributed by atoms with Gasteiger partial charge in [0.1, 0.15) is 6.54 Å². The predicted molar refractivity (Wildman–Crippen MR) is 69.8 cm³/mol. The van der Waals surface area contributed by atoms with Crippen LogP contribution in [0, 0.1) is 11.3 Å². The monoisotopic (exact) mass is 310 g/mol. The topological polar surface area (TPSA) is 60.9 Å². The average molecular weight is 310 g/mol. The minimum absolute atomic E-state index is 0.167. The van der Waals surface area contributed by atoms with Crippen LogP contribution < -0.4 is 0 Å². The molecule has 0 bridgehead atoms. The Bertz CT molecular complexity index is 410. The number of carbonyl (C=O) groups excluding carboxylic acids is 1. The highest BCUT2D eigenvalue weighted by molar-refractivity contribution is 5.76. The van der Waals surface area contributed by atoms with Crippen LogP contribution in [0.1, 0.15) is 26.7 Å². The van der Waals surface area contributed by atoms with Gasteiger partial charge in [0.15, 0.2) is 0 Å². The minimum Gasteiger partial charge on any atom is -0.481 e. The lowest BCUT2D eigenvalue weighted by Crippen LogP contribution is -2.51. The Morgan fingerprint density at radius 1 is 1.33 bits per heavy atom. The summed E-state index contributed by atoms with van der Waals surface area (Å²) in [7, 11) is 1.10. The van der Waals surface area contributed by atoms with Gasteiger partial charge in [-0.2, -0.15) is 13.2 Å². The van der Waals surface area contributed by atoms with Crippen LogP contribution in [0.25, 0.3) is 0 Å². The summed E-state index contributed by atoms with van der Waals surface area (Å²) in [5, 5.41) is 9.22. The maximum absolute atomic E-state index is 12.3. The Morgan fingerprint density at radius 3 is 2.38 bits per heavy atom. The van der Waals surface area contributed by atoms with Gasteiger partial charge in [-0.05, 0) is 32.6 Å². The number of carbonyl (C=O) groups is 2.